The van der Waals surface area contributed by atoms with Crippen LogP contribution in [-0.4, -0.2) is 31.0 Å². The van der Waals surface area contributed by atoms with Crippen LogP contribution in [0.2, 0.25) is 0 Å². The van der Waals surface area contributed by atoms with Gasteiger partial charge < -0.3 is 20.7 Å². The van der Waals surface area contributed by atoms with Crippen molar-refractivity contribution in [1.29, 1.82) is 0 Å². The highest BCUT2D eigenvalue weighted by Gasteiger charge is 2.10. The maximum Gasteiger partial charge on any atom is 0.251 e. The summed E-state index contributed by atoms with van der Waals surface area (Å²) in [5, 5.41) is 8.70. The second-order valence-electron chi connectivity index (χ2n) is 6.85. The van der Waals surface area contributed by atoms with E-state index in [0.717, 1.165) is 11.3 Å². The number of anilines is 2. The van der Waals surface area contributed by atoms with Crippen molar-refractivity contribution in [2.75, 3.05) is 23.8 Å². The zero-order valence-electron chi connectivity index (χ0n) is 16.5. The van der Waals surface area contributed by atoms with Crippen molar-refractivity contribution in [1.82, 2.24) is 5.32 Å². The summed E-state index contributed by atoms with van der Waals surface area (Å²) in [6.45, 7) is 9.98. The van der Waals surface area contributed by atoms with Gasteiger partial charge in [0.15, 0.2) is 0 Å². The second kappa shape index (κ2) is 10.2. The Kier molecular flexibility index (Phi) is 7.63. The number of rotatable bonds is 9. The summed E-state index contributed by atoms with van der Waals surface area (Å²) in [5.41, 5.74) is 2.70. The molecule has 0 saturated heterocycles. The summed E-state index contributed by atoms with van der Waals surface area (Å²) >= 11 is 0. The topological polar surface area (TPSA) is 79.5 Å². The number of carbonyl (C=O) groups is 2. The van der Waals surface area contributed by atoms with Gasteiger partial charge in [-0.3, -0.25) is 9.59 Å². The van der Waals surface area contributed by atoms with Gasteiger partial charge >= 0.3 is 0 Å². The largest absolute Gasteiger partial charge is 0.487 e. The first kappa shape index (κ1) is 21.0. The molecule has 2 amide bonds. The monoisotopic (exact) mass is 381 g/mol. The summed E-state index contributed by atoms with van der Waals surface area (Å²) in [4.78, 5) is 24.4. The molecular weight excluding hydrogens is 354 g/mol. The number of amides is 2. The number of carbonyl (C=O) groups excluding carboxylic acids is 2. The molecule has 0 saturated carbocycles. The van der Waals surface area contributed by atoms with Crippen LogP contribution in [0.1, 0.15) is 31.1 Å². The molecule has 28 heavy (non-hydrogen) atoms. The van der Waals surface area contributed by atoms with Crippen molar-refractivity contribution in [3.8, 4) is 5.75 Å². The first-order valence-electron chi connectivity index (χ1n) is 9.16. The molecule has 148 valence electrons. The van der Waals surface area contributed by atoms with Gasteiger partial charge in [-0.15, -0.1) is 0 Å². The lowest BCUT2D eigenvalue weighted by atomic mass is 10.1. The fourth-order valence-electron chi connectivity index (χ4n) is 2.40. The number of nitrogens with one attached hydrogen (secondary N) is 3. The molecule has 0 unspecified atom stereocenters. The standard InChI is InChI=1S/C22H27N3O3/c1-15(2)14-28-20-11-6-5-10-19(20)23-13-21(26)25-18-9-7-8-17(12-18)22(27)24-16(3)4/h5-12,16,23H,1,13-14H2,2-4H3,(H,24,27)(H,25,26). The molecule has 2 rings (SSSR count). The molecule has 6 heteroatoms. The number of ether oxygens (including phenoxy) is 1. The number of hydrogen-bond acceptors (Lipinski definition) is 4. The van der Waals surface area contributed by atoms with Crippen LogP contribution in [0, 0.1) is 0 Å². The summed E-state index contributed by atoms with van der Waals surface area (Å²) in [7, 11) is 0. The average molecular weight is 381 g/mol. The number of benzene rings is 2. The van der Waals surface area contributed by atoms with Crippen molar-refractivity contribution < 1.29 is 14.3 Å². The molecule has 0 bridgehead atoms. The van der Waals surface area contributed by atoms with Gasteiger partial charge in [-0.25, -0.2) is 0 Å². The SMILES string of the molecule is C=C(C)COc1ccccc1NCC(=O)Nc1cccc(C(=O)NC(C)C)c1. The van der Waals surface area contributed by atoms with Gasteiger partial charge in [-0.05, 0) is 56.7 Å². The molecule has 2 aromatic rings. The molecule has 2 aromatic carbocycles. The smallest absolute Gasteiger partial charge is 0.251 e. The van der Waals surface area contributed by atoms with Crippen molar-refractivity contribution in [3.63, 3.8) is 0 Å². The van der Waals surface area contributed by atoms with Crippen LogP contribution >= 0.6 is 0 Å². The Hall–Kier alpha value is -3.28. The van der Waals surface area contributed by atoms with Gasteiger partial charge in [0.1, 0.15) is 12.4 Å². The minimum atomic E-state index is -0.226. The van der Waals surface area contributed by atoms with Crippen molar-refractivity contribution in [2.24, 2.45) is 0 Å². The van der Waals surface area contributed by atoms with Gasteiger partial charge in [0, 0.05) is 17.3 Å². The van der Waals surface area contributed by atoms with Gasteiger partial charge in [-0.1, -0.05) is 24.8 Å². The van der Waals surface area contributed by atoms with Crippen LogP contribution in [0.5, 0.6) is 5.75 Å². The highest BCUT2D eigenvalue weighted by atomic mass is 16.5. The minimum Gasteiger partial charge on any atom is -0.487 e. The number of para-hydroxylation sites is 2. The molecule has 0 aliphatic carbocycles. The lowest BCUT2D eigenvalue weighted by Crippen LogP contribution is -2.30. The molecule has 0 aromatic heterocycles. The lowest BCUT2D eigenvalue weighted by Gasteiger charge is -2.13. The molecule has 0 fully saturated rings. The molecule has 0 aliphatic heterocycles. The van der Waals surface area contributed by atoms with Crippen LogP contribution in [0.3, 0.4) is 0 Å². The third-order valence-electron chi connectivity index (χ3n) is 3.63. The normalized spacial score (nSPS) is 10.3. The van der Waals surface area contributed by atoms with Gasteiger partial charge in [0.2, 0.25) is 5.91 Å². The van der Waals surface area contributed by atoms with Gasteiger partial charge in [0.25, 0.3) is 5.91 Å². The fourth-order valence-corrected chi connectivity index (χ4v) is 2.40. The maximum atomic E-state index is 12.3. The maximum absolute atomic E-state index is 12.3. The molecule has 0 radical (unpaired) electrons. The van der Waals surface area contributed by atoms with E-state index in [1.54, 1.807) is 24.3 Å². The van der Waals surface area contributed by atoms with E-state index in [2.05, 4.69) is 22.5 Å². The van der Waals surface area contributed by atoms with Crippen molar-refractivity contribution in [2.45, 2.75) is 26.8 Å². The third kappa shape index (κ3) is 6.79. The molecule has 3 N–H and O–H groups in total. The summed E-state index contributed by atoms with van der Waals surface area (Å²) in [6.07, 6.45) is 0. The van der Waals surface area contributed by atoms with E-state index in [1.807, 2.05) is 45.0 Å². The molecule has 0 spiro atoms. The van der Waals surface area contributed by atoms with E-state index in [4.69, 9.17) is 4.74 Å². The van der Waals surface area contributed by atoms with E-state index in [-0.39, 0.29) is 24.4 Å². The third-order valence-corrected chi connectivity index (χ3v) is 3.63. The van der Waals surface area contributed by atoms with E-state index < -0.39 is 0 Å². The Morgan fingerprint density at radius 1 is 1.11 bits per heavy atom. The average Bonchev–Trinajstić information content (AvgIpc) is 2.65. The molecule has 0 heterocycles. The van der Waals surface area contributed by atoms with Gasteiger partial charge in [-0.2, -0.15) is 0 Å². The first-order chi connectivity index (χ1) is 13.3. The Morgan fingerprint density at radius 2 is 1.86 bits per heavy atom. The highest BCUT2D eigenvalue weighted by Crippen LogP contribution is 2.24. The Balaban J connectivity index is 1.95. The highest BCUT2D eigenvalue weighted by molar-refractivity contribution is 5.98. The minimum absolute atomic E-state index is 0.0436. The predicted octanol–water partition coefficient (Wildman–Crippen LogP) is 3.83. The molecule has 0 aliphatic rings. The Labute approximate surface area is 166 Å². The quantitative estimate of drug-likeness (QED) is 0.577. The van der Waals surface area contributed by atoms with Crippen molar-refractivity contribution in [3.05, 3.63) is 66.2 Å². The van der Waals surface area contributed by atoms with Crippen molar-refractivity contribution >= 4 is 23.2 Å². The Bertz CT molecular complexity index is 846. The fraction of sp³-hybridized carbons (Fsp3) is 0.273. The van der Waals surface area contributed by atoms with E-state index >= 15 is 0 Å². The predicted molar refractivity (Wildman–Crippen MR) is 113 cm³/mol. The summed E-state index contributed by atoms with van der Waals surface area (Å²) in [6, 6.07) is 14.3. The van der Waals surface area contributed by atoms with Crippen LogP contribution in [0.4, 0.5) is 11.4 Å². The molecular formula is C22H27N3O3. The van der Waals surface area contributed by atoms with Crippen LogP contribution in [0.25, 0.3) is 0 Å². The van der Waals surface area contributed by atoms with Gasteiger partial charge in [0.05, 0.1) is 12.2 Å². The van der Waals surface area contributed by atoms with Crippen LogP contribution in [0.15, 0.2) is 60.7 Å². The molecule has 0 atom stereocenters. The lowest BCUT2D eigenvalue weighted by molar-refractivity contribution is -0.114. The zero-order chi connectivity index (χ0) is 20.5. The second-order valence-corrected chi connectivity index (χ2v) is 6.85. The molecule has 6 nitrogen and oxygen atoms in total. The summed E-state index contributed by atoms with van der Waals surface area (Å²) < 4.78 is 5.68. The van der Waals surface area contributed by atoms with E-state index in [9.17, 15) is 9.59 Å². The van der Waals surface area contributed by atoms with Crippen LogP contribution in [-0.2, 0) is 4.79 Å². The zero-order valence-corrected chi connectivity index (χ0v) is 16.5. The number of hydrogen-bond donors (Lipinski definition) is 3. The van der Waals surface area contributed by atoms with E-state index in [0.29, 0.717) is 23.6 Å². The van der Waals surface area contributed by atoms with E-state index in [1.165, 1.54) is 0 Å². The summed E-state index contributed by atoms with van der Waals surface area (Å²) in [5.74, 6) is 0.259. The first-order valence-corrected chi connectivity index (χ1v) is 9.16. The Morgan fingerprint density at radius 3 is 2.57 bits per heavy atom. The van der Waals surface area contributed by atoms with Crippen LogP contribution < -0.4 is 20.7 Å².